The van der Waals surface area contributed by atoms with Gasteiger partial charge < -0.3 is 9.47 Å². The molecule has 1 unspecified atom stereocenters. The highest BCUT2D eigenvalue weighted by Gasteiger charge is 2.06. The number of hydrogen-bond donors (Lipinski definition) is 0. The fourth-order valence-corrected chi connectivity index (χ4v) is 1.80. The number of hydrogen-bond acceptors (Lipinski definition) is 2. The number of ether oxygens (including phenoxy) is 2. The third-order valence-corrected chi connectivity index (χ3v) is 2.72. The molecule has 0 spiro atoms. The maximum Gasteiger partial charge on any atom is 0.127 e. The van der Waals surface area contributed by atoms with Crippen molar-refractivity contribution in [2.24, 2.45) is 0 Å². The Labute approximate surface area is 108 Å². The Morgan fingerprint density at radius 3 is 2.39 bits per heavy atom. The summed E-state index contributed by atoms with van der Waals surface area (Å²) in [6.45, 7) is 4.76. The van der Waals surface area contributed by atoms with Crippen LogP contribution >= 0.6 is 0 Å². The van der Waals surface area contributed by atoms with Gasteiger partial charge in [0.1, 0.15) is 11.5 Å². The van der Waals surface area contributed by atoms with Crippen molar-refractivity contribution in [1.82, 2.24) is 0 Å². The lowest BCUT2D eigenvalue weighted by Gasteiger charge is -2.13. The Balaban J connectivity index is 2.12. The molecule has 2 heteroatoms. The standard InChI is InChI=1S/C16H18O2/c1-3-17-13(2)14-8-7-11-16(12-14)18-15-9-5-4-6-10-15/h4-13H,3H2,1-2H3. The van der Waals surface area contributed by atoms with Gasteiger partial charge in [-0.3, -0.25) is 0 Å². The second-order valence-electron chi connectivity index (χ2n) is 4.09. The molecule has 0 bridgehead atoms. The molecule has 18 heavy (non-hydrogen) atoms. The van der Waals surface area contributed by atoms with Crippen LogP contribution in [0.25, 0.3) is 0 Å². The summed E-state index contributed by atoms with van der Waals surface area (Å²) in [6, 6.07) is 17.8. The number of rotatable bonds is 5. The molecular formula is C16H18O2. The van der Waals surface area contributed by atoms with Crippen LogP contribution in [0.3, 0.4) is 0 Å². The molecule has 0 radical (unpaired) electrons. The molecule has 0 saturated heterocycles. The summed E-state index contributed by atoms with van der Waals surface area (Å²) in [6.07, 6.45) is 0.0920. The van der Waals surface area contributed by atoms with Gasteiger partial charge in [-0.15, -0.1) is 0 Å². The van der Waals surface area contributed by atoms with Crippen molar-refractivity contribution in [3.8, 4) is 11.5 Å². The summed E-state index contributed by atoms with van der Waals surface area (Å²) in [4.78, 5) is 0. The molecule has 1 atom stereocenters. The van der Waals surface area contributed by atoms with Crippen LogP contribution in [-0.4, -0.2) is 6.61 Å². The molecule has 2 rings (SSSR count). The first-order valence-corrected chi connectivity index (χ1v) is 6.24. The molecule has 94 valence electrons. The lowest BCUT2D eigenvalue weighted by molar-refractivity contribution is 0.0763. The minimum Gasteiger partial charge on any atom is -0.457 e. The lowest BCUT2D eigenvalue weighted by Crippen LogP contribution is -1.99. The van der Waals surface area contributed by atoms with Crippen molar-refractivity contribution >= 4 is 0 Å². The van der Waals surface area contributed by atoms with E-state index in [2.05, 4.69) is 6.07 Å². The van der Waals surface area contributed by atoms with Crippen molar-refractivity contribution < 1.29 is 9.47 Å². The Morgan fingerprint density at radius 2 is 1.67 bits per heavy atom. The third kappa shape index (κ3) is 3.34. The smallest absolute Gasteiger partial charge is 0.127 e. The molecule has 2 aromatic rings. The Hall–Kier alpha value is -1.80. The molecule has 0 aliphatic heterocycles. The molecule has 0 saturated carbocycles. The van der Waals surface area contributed by atoms with Crippen molar-refractivity contribution in [2.75, 3.05) is 6.61 Å². The van der Waals surface area contributed by atoms with Gasteiger partial charge in [0.05, 0.1) is 6.10 Å². The van der Waals surface area contributed by atoms with E-state index in [4.69, 9.17) is 9.47 Å². The maximum atomic E-state index is 5.79. The highest BCUT2D eigenvalue weighted by molar-refractivity contribution is 5.34. The van der Waals surface area contributed by atoms with Gasteiger partial charge >= 0.3 is 0 Å². The summed E-state index contributed by atoms with van der Waals surface area (Å²) in [5.74, 6) is 1.68. The van der Waals surface area contributed by atoms with Gasteiger partial charge in [0.15, 0.2) is 0 Å². The first kappa shape index (κ1) is 12.7. The molecule has 0 fully saturated rings. The van der Waals surface area contributed by atoms with Crippen LogP contribution in [0.2, 0.25) is 0 Å². The summed E-state index contributed by atoms with van der Waals surface area (Å²) in [5.41, 5.74) is 1.13. The van der Waals surface area contributed by atoms with Gasteiger partial charge in [0.2, 0.25) is 0 Å². The quantitative estimate of drug-likeness (QED) is 0.764. The van der Waals surface area contributed by atoms with E-state index >= 15 is 0 Å². The van der Waals surface area contributed by atoms with Crippen LogP contribution in [0.5, 0.6) is 11.5 Å². The zero-order valence-corrected chi connectivity index (χ0v) is 10.8. The number of benzene rings is 2. The van der Waals surface area contributed by atoms with Crippen LogP contribution in [0.15, 0.2) is 54.6 Å². The fraction of sp³-hybridized carbons (Fsp3) is 0.250. The van der Waals surface area contributed by atoms with Crippen molar-refractivity contribution in [3.05, 3.63) is 60.2 Å². The molecule has 0 N–H and O–H groups in total. The van der Waals surface area contributed by atoms with Crippen molar-refractivity contribution in [1.29, 1.82) is 0 Å². The second-order valence-corrected chi connectivity index (χ2v) is 4.09. The highest BCUT2D eigenvalue weighted by atomic mass is 16.5. The van der Waals surface area contributed by atoms with Crippen molar-refractivity contribution in [2.45, 2.75) is 20.0 Å². The summed E-state index contributed by atoms with van der Waals surface area (Å²) in [7, 11) is 0. The van der Waals surface area contributed by atoms with Crippen LogP contribution in [0.4, 0.5) is 0 Å². The molecule has 0 aromatic heterocycles. The first-order chi connectivity index (χ1) is 8.79. The maximum absolute atomic E-state index is 5.79. The Morgan fingerprint density at radius 1 is 0.944 bits per heavy atom. The molecule has 2 nitrogen and oxygen atoms in total. The monoisotopic (exact) mass is 242 g/mol. The van der Waals surface area contributed by atoms with Crippen LogP contribution < -0.4 is 4.74 Å². The fourth-order valence-electron chi connectivity index (χ4n) is 1.80. The van der Waals surface area contributed by atoms with Crippen LogP contribution in [-0.2, 0) is 4.74 Å². The average Bonchev–Trinajstić information content (AvgIpc) is 2.40. The molecule has 0 aliphatic carbocycles. The topological polar surface area (TPSA) is 18.5 Å². The molecule has 0 amide bonds. The van der Waals surface area contributed by atoms with Gasteiger partial charge in [-0.05, 0) is 43.7 Å². The van der Waals surface area contributed by atoms with E-state index in [0.29, 0.717) is 6.61 Å². The molecular weight excluding hydrogens is 224 g/mol. The van der Waals surface area contributed by atoms with E-state index < -0.39 is 0 Å². The summed E-state index contributed by atoms with van der Waals surface area (Å²) >= 11 is 0. The number of para-hydroxylation sites is 1. The predicted octanol–water partition coefficient (Wildman–Crippen LogP) is 4.58. The van der Waals surface area contributed by atoms with Crippen molar-refractivity contribution in [3.63, 3.8) is 0 Å². The Kier molecular flexibility index (Phi) is 4.37. The van der Waals surface area contributed by atoms with Gasteiger partial charge in [-0.2, -0.15) is 0 Å². The van der Waals surface area contributed by atoms with E-state index in [0.717, 1.165) is 17.1 Å². The zero-order chi connectivity index (χ0) is 12.8. The largest absolute Gasteiger partial charge is 0.457 e. The predicted molar refractivity (Wildman–Crippen MR) is 73.0 cm³/mol. The average molecular weight is 242 g/mol. The van der Waals surface area contributed by atoms with Crippen LogP contribution in [0.1, 0.15) is 25.5 Å². The summed E-state index contributed by atoms with van der Waals surface area (Å²) in [5, 5.41) is 0. The lowest BCUT2D eigenvalue weighted by atomic mass is 10.1. The van der Waals surface area contributed by atoms with Crippen LogP contribution in [0, 0.1) is 0 Å². The van der Waals surface area contributed by atoms with E-state index in [1.807, 2.05) is 62.4 Å². The zero-order valence-electron chi connectivity index (χ0n) is 10.8. The summed E-state index contributed by atoms with van der Waals surface area (Å²) < 4.78 is 11.4. The minimum absolute atomic E-state index is 0.0920. The molecule has 0 aliphatic rings. The minimum atomic E-state index is 0.0920. The van der Waals surface area contributed by atoms with Gasteiger partial charge in [-0.1, -0.05) is 30.3 Å². The normalized spacial score (nSPS) is 12.1. The molecule has 0 heterocycles. The SMILES string of the molecule is CCOC(C)c1cccc(Oc2ccccc2)c1. The van der Waals surface area contributed by atoms with Gasteiger partial charge in [0, 0.05) is 6.61 Å². The molecule has 2 aromatic carbocycles. The third-order valence-electron chi connectivity index (χ3n) is 2.72. The second kappa shape index (κ2) is 6.22. The van der Waals surface area contributed by atoms with Gasteiger partial charge in [0.25, 0.3) is 0 Å². The first-order valence-electron chi connectivity index (χ1n) is 6.24. The van der Waals surface area contributed by atoms with E-state index in [1.54, 1.807) is 0 Å². The van der Waals surface area contributed by atoms with E-state index in [9.17, 15) is 0 Å². The Bertz CT molecular complexity index is 479. The van der Waals surface area contributed by atoms with E-state index in [1.165, 1.54) is 0 Å². The highest BCUT2D eigenvalue weighted by Crippen LogP contribution is 2.25. The van der Waals surface area contributed by atoms with E-state index in [-0.39, 0.29) is 6.10 Å². The van der Waals surface area contributed by atoms with Gasteiger partial charge in [-0.25, -0.2) is 0 Å².